The van der Waals surface area contributed by atoms with Crippen molar-refractivity contribution in [2.45, 2.75) is 128 Å². The Hall–Kier alpha value is -0.290. The Morgan fingerprint density at radius 2 is 1.12 bits per heavy atom. The van der Waals surface area contributed by atoms with Crippen LogP contribution in [0.4, 0.5) is 0 Å². The minimum Gasteiger partial charge on any atom is -0.393 e. The molecule has 0 fully saturated rings. The SMILES string of the molecule is C=C(Br)C[C@@H](CCCC)OS(=O)(=O)c1ccc(C)cc1.C=C(Br)C[C@H](O)CCCC.C=C(Br)C[C@H](O)CCCC. The summed E-state index contributed by atoms with van der Waals surface area (Å²) in [6.45, 7) is 19.3. The van der Waals surface area contributed by atoms with E-state index in [0.29, 0.717) is 25.7 Å². The molecule has 1 rings (SSSR count). The Kier molecular flexibility index (Phi) is 26.4. The first-order valence-corrected chi connectivity index (χ1v) is 17.8. The van der Waals surface area contributed by atoms with Crippen molar-refractivity contribution >= 4 is 57.9 Å². The Bertz CT molecular complexity index is 907. The molecule has 0 bridgehead atoms. The lowest BCUT2D eigenvalue weighted by atomic mass is 10.1. The first-order valence-electron chi connectivity index (χ1n) is 14.0. The van der Waals surface area contributed by atoms with Gasteiger partial charge in [-0.15, -0.1) is 0 Å². The summed E-state index contributed by atoms with van der Waals surface area (Å²) in [4.78, 5) is 0.199. The third-order valence-electron chi connectivity index (χ3n) is 5.60. The Morgan fingerprint density at radius 1 is 0.750 bits per heavy atom. The zero-order valence-corrected chi connectivity index (χ0v) is 30.4. The second kappa shape index (κ2) is 25.2. The van der Waals surface area contributed by atoms with Crippen molar-refractivity contribution in [2.24, 2.45) is 0 Å². The van der Waals surface area contributed by atoms with Gasteiger partial charge in [-0.1, -0.05) is 145 Å². The van der Waals surface area contributed by atoms with Crippen LogP contribution in [0.3, 0.4) is 0 Å². The number of aliphatic hydroxyl groups is 2. The molecule has 0 heterocycles. The molecule has 40 heavy (non-hydrogen) atoms. The monoisotopic (exact) mass is 772 g/mol. The van der Waals surface area contributed by atoms with Crippen molar-refractivity contribution in [1.29, 1.82) is 0 Å². The maximum atomic E-state index is 12.2. The molecule has 5 nitrogen and oxygen atoms in total. The number of aryl methyl sites for hydroxylation is 1. The fraction of sp³-hybridized carbons (Fsp3) is 0.613. The molecular weight excluding hydrogens is 724 g/mol. The minimum atomic E-state index is -3.71. The summed E-state index contributed by atoms with van der Waals surface area (Å²) in [5, 5.41) is 18.5. The molecule has 0 saturated heterocycles. The van der Waals surface area contributed by atoms with Gasteiger partial charge in [0.25, 0.3) is 10.1 Å². The number of benzene rings is 1. The van der Waals surface area contributed by atoms with Crippen LogP contribution in [0.5, 0.6) is 0 Å². The van der Waals surface area contributed by atoms with Gasteiger partial charge in [-0.25, -0.2) is 0 Å². The zero-order chi connectivity index (χ0) is 31.1. The molecular formula is C31H51Br3O5S. The molecule has 3 atom stereocenters. The molecule has 2 N–H and O–H groups in total. The predicted octanol–water partition coefficient (Wildman–Crippen LogP) is 10.2. The highest BCUT2D eigenvalue weighted by Gasteiger charge is 2.21. The van der Waals surface area contributed by atoms with E-state index in [4.69, 9.17) is 4.18 Å². The molecule has 232 valence electrons. The Balaban J connectivity index is 0. The number of aliphatic hydroxyl groups excluding tert-OH is 2. The van der Waals surface area contributed by atoms with Gasteiger partial charge in [-0.05, 0) is 51.8 Å². The van der Waals surface area contributed by atoms with Gasteiger partial charge in [0.05, 0.1) is 23.2 Å². The van der Waals surface area contributed by atoms with Crippen LogP contribution in [-0.4, -0.2) is 36.9 Å². The second-order valence-corrected chi connectivity index (χ2v) is 14.8. The van der Waals surface area contributed by atoms with Gasteiger partial charge in [0.2, 0.25) is 0 Å². The lowest BCUT2D eigenvalue weighted by Crippen LogP contribution is -2.19. The van der Waals surface area contributed by atoms with Crippen LogP contribution < -0.4 is 0 Å². The molecule has 9 heteroatoms. The van der Waals surface area contributed by atoms with Gasteiger partial charge in [0.15, 0.2) is 0 Å². The molecule has 0 radical (unpaired) electrons. The van der Waals surface area contributed by atoms with E-state index in [1.54, 1.807) is 24.3 Å². The van der Waals surface area contributed by atoms with Crippen molar-refractivity contribution in [1.82, 2.24) is 0 Å². The summed E-state index contributed by atoms with van der Waals surface area (Å²) >= 11 is 9.70. The van der Waals surface area contributed by atoms with Crippen LogP contribution in [0, 0.1) is 6.92 Å². The zero-order valence-electron chi connectivity index (χ0n) is 24.8. The molecule has 0 unspecified atom stereocenters. The average molecular weight is 776 g/mol. The van der Waals surface area contributed by atoms with Crippen LogP contribution in [0.1, 0.15) is 103 Å². The van der Waals surface area contributed by atoms with E-state index in [-0.39, 0.29) is 23.2 Å². The van der Waals surface area contributed by atoms with Crippen LogP contribution >= 0.6 is 47.8 Å². The molecule has 1 aromatic carbocycles. The minimum absolute atomic E-state index is 0.199. The Morgan fingerprint density at radius 3 is 1.48 bits per heavy atom. The molecule has 0 saturated carbocycles. The van der Waals surface area contributed by atoms with Crippen molar-refractivity contribution in [3.63, 3.8) is 0 Å². The number of unbranched alkanes of at least 4 members (excludes halogenated alkanes) is 3. The van der Waals surface area contributed by atoms with Crippen molar-refractivity contribution in [3.8, 4) is 0 Å². The molecule has 0 aliphatic rings. The summed E-state index contributed by atoms with van der Waals surface area (Å²) in [5.41, 5.74) is 1.01. The summed E-state index contributed by atoms with van der Waals surface area (Å²) in [5.74, 6) is 0. The fourth-order valence-electron chi connectivity index (χ4n) is 3.40. The first kappa shape index (κ1) is 41.8. The number of hydrogen-bond donors (Lipinski definition) is 2. The summed E-state index contributed by atoms with van der Waals surface area (Å²) in [7, 11) is -3.71. The third kappa shape index (κ3) is 25.4. The van der Waals surface area contributed by atoms with Gasteiger partial charge in [-0.3, -0.25) is 4.18 Å². The largest absolute Gasteiger partial charge is 0.393 e. The number of rotatable bonds is 18. The molecule has 1 aromatic rings. The van der Waals surface area contributed by atoms with Gasteiger partial charge >= 0.3 is 0 Å². The van der Waals surface area contributed by atoms with E-state index < -0.39 is 10.1 Å². The maximum absolute atomic E-state index is 12.2. The number of hydrogen-bond acceptors (Lipinski definition) is 5. The van der Waals surface area contributed by atoms with E-state index >= 15 is 0 Å². The fourth-order valence-corrected chi connectivity index (χ4v) is 5.61. The topological polar surface area (TPSA) is 83.8 Å². The van der Waals surface area contributed by atoms with E-state index in [0.717, 1.165) is 70.4 Å². The normalized spacial score (nSPS) is 13.1. The molecule has 0 aliphatic heterocycles. The highest BCUT2D eigenvalue weighted by molar-refractivity contribution is 9.12. The van der Waals surface area contributed by atoms with E-state index in [1.807, 2.05) is 6.92 Å². The van der Waals surface area contributed by atoms with Crippen molar-refractivity contribution in [2.75, 3.05) is 0 Å². The highest BCUT2D eigenvalue weighted by atomic mass is 79.9. The predicted molar refractivity (Wildman–Crippen MR) is 182 cm³/mol. The quantitative estimate of drug-likeness (QED) is 0.145. The standard InChI is InChI=1S/C15H21BrO3S.2C8H15BrO/c1-4-5-6-14(11-13(3)16)19-20(17,18)15-9-7-12(2)8-10-15;2*1-3-4-5-8(10)6-7(2)9/h7-10,14H,3-6,11H2,1-2H3;2*8,10H,2-6H2,1H3/t14-;2*8-/m111/s1. The Labute approximate surface area is 270 Å². The third-order valence-corrected chi connectivity index (χ3v) is 7.94. The number of halogens is 3. The average Bonchev–Trinajstić information content (AvgIpc) is 2.84. The second-order valence-electron chi connectivity index (χ2n) is 9.88. The van der Waals surface area contributed by atoms with Gasteiger partial charge in [0.1, 0.15) is 0 Å². The summed E-state index contributed by atoms with van der Waals surface area (Å²) < 4.78 is 32.3. The van der Waals surface area contributed by atoms with Crippen molar-refractivity contribution < 1.29 is 22.8 Å². The van der Waals surface area contributed by atoms with Gasteiger partial charge in [0, 0.05) is 19.3 Å². The van der Waals surface area contributed by atoms with Crippen LogP contribution in [0.25, 0.3) is 0 Å². The van der Waals surface area contributed by atoms with E-state index in [2.05, 4.69) is 88.3 Å². The highest BCUT2D eigenvalue weighted by Crippen LogP contribution is 2.23. The molecule has 0 aliphatic carbocycles. The van der Waals surface area contributed by atoms with Crippen LogP contribution in [0.2, 0.25) is 0 Å². The first-order chi connectivity index (χ1) is 18.7. The van der Waals surface area contributed by atoms with E-state index in [1.165, 1.54) is 0 Å². The van der Waals surface area contributed by atoms with Crippen molar-refractivity contribution in [3.05, 3.63) is 63.0 Å². The summed E-state index contributed by atoms with van der Waals surface area (Å²) in [6.07, 6.45) is 9.97. The lowest BCUT2D eigenvalue weighted by molar-refractivity contribution is 0.163. The smallest absolute Gasteiger partial charge is 0.297 e. The van der Waals surface area contributed by atoms with Gasteiger partial charge < -0.3 is 10.2 Å². The summed E-state index contributed by atoms with van der Waals surface area (Å²) in [6, 6.07) is 6.68. The lowest BCUT2D eigenvalue weighted by Gasteiger charge is -2.17. The van der Waals surface area contributed by atoms with Gasteiger partial charge in [-0.2, -0.15) is 8.42 Å². The molecule has 0 amide bonds. The van der Waals surface area contributed by atoms with E-state index in [9.17, 15) is 18.6 Å². The van der Waals surface area contributed by atoms with Crippen LogP contribution in [0.15, 0.2) is 62.3 Å². The maximum Gasteiger partial charge on any atom is 0.297 e. The molecule has 0 aromatic heterocycles. The molecule has 0 spiro atoms. The van der Waals surface area contributed by atoms with Crippen LogP contribution in [-0.2, 0) is 14.3 Å².